The Morgan fingerprint density at radius 2 is 2.10 bits per heavy atom. The number of ether oxygens (including phenoxy) is 1. The molecule has 2 aromatic rings. The van der Waals surface area contributed by atoms with Gasteiger partial charge >= 0.3 is 0 Å². The molecule has 2 saturated heterocycles. The molecular formula is C25H36N4O2. The minimum atomic E-state index is -0.247. The molecule has 1 aromatic carbocycles. The molecule has 6 heteroatoms. The van der Waals surface area contributed by atoms with Crippen LogP contribution in [0.5, 0.6) is 0 Å². The summed E-state index contributed by atoms with van der Waals surface area (Å²) in [6.45, 7) is 9.65. The van der Waals surface area contributed by atoms with Crippen LogP contribution in [0, 0.1) is 11.3 Å². The van der Waals surface area contributed by atoms with Crippen LogP contribution in [-0.2, 0) is 16.1 Å². The summed E-state index contributed by atoms with van der Waals surface area (Å²) < 4.78 is 5.57. The van der Waals surface area contributed by atoms with E-state index in [0.717, 1.165) is 77.1 Å². The first-order valence-electron chi connectivity index (χ1n) is 12.1. The maximum Gasteiger partial charge on any atom is 0.228 e. The maximum atomic E-state index is 13.8. The lowest BCUT2D eigenvalue weighted by molar-refractivity contribution is -0.145. The molecule has 2 N–H and O–H groups in total. The van der Waals surface area contributed by atoms with Crippen molar-refractivity contribution in [2.24, 2.45) is 11.3 Å². The highest BCUT2D eigenvalue weighted by Crippen LogP contribution is 2.48. The number of amides is 1. The molecule has 1 amide bonds. The largest absolute Gasteiger partial charge is 0.379 e. The van der Waals surface area contributed by atoms with Crippen LogP contribution in [-0.4, -0.2) is 72.7 Å². The lowest BCUT2D eigenvalue weighted by Crippen LogP contribution is -2.60. The molecule has 1 aliphatic carbocycles. The minimum Gasteiger partial charge on any atom is -0.379 e. The Morgan fingerprint density at radius 3 is 2.94 bits per heavy atom. The number of fused-ring (bicyclic) bond motifs is 2. The van der Waals surface area contributed by atoms with Gasteiger partial charge < -0.3 is 19.9 Å². The highest BCUT2D eigenvalue weighted by Gasteiger charge is 2.52. The molecule has 6 nitrogen and oxygen atoms in total. The van der Waals surface area contributed by atoms with Crippen LogP contribution < -0.4 is 5.32 Å². The number of piperidine rings is 1. The van der Waals surface area contributed by atoms with Gasteiger partial charge in [0, 0.05) is 49.3 Å². The summed E-state index contributed by atoms with van der Waals surface area (Å²) in [6.07, 6.45) is 6.37. The molecule has 2 aliphatic heterocycles. The summed E-state index contributed by atoms with van der Waals surface area (Å²) in [5.41, 5.74) is 2.07. The molecule has 1 aromatic heterocycles. The fourth-order valence-electron chi connectivity index (χ4n) is 6.29. The van der Waals surface area contributed by atoms with Gasteiger partial charge in [0.25, 0.3) is 0 Å². The normalized spacial score (nSPS) is 30.2. The fraction of sp³-hybridized carbons (Fsp3) is 0.640. The third-order valence-electron chi connectivity index (χ3n) is 8.15. The third kappa shape index (κ3) is 4.01. The number of carbonyl (C=O) groups is 1. The first-order chi connectivity index (χ1) is 15.2. The molecule has 5 rings (SSSR count). The molecule has 3 fully saturated rings. The number of hydrogen-bond acceptors (Lipinski definition) is 4. The summed E-state index contributed by atoms with van der Waals surface area (Å²) in [4.78, 5) is 22.1. The zero-order valence-electron chi connectivity index (χ0n) is 18.7. The summed E-state index contributed by atoms with van der Waals surface area (Å²) in [5, 5.41) is 4.57. The van der Waals surface area contributed by atoms with Crippen molar-refractivity contribution in [3.05, 3.63) is 36.0 Å². The SMILES string of the molecule is CCN1CC[C@@H]2C[C@@H](N3CCOCC3)CC[C@@]2(C(=O)NCc2cccc3[nH]ccc23)C1. The lowest BCUT2D eigenvalue weighted by atomic mass is 9.61. The van der Waals surface area contributed by atoms with Crippen LogP contribution in [0.25, 0.3) is 10.9 Å². The van der Waals surface area contributed by atoms with E-state index in [4.69, 9.17) is 4.74 Å². The summed E-state index contributed by atoms with van der Waals surface area (Å²) in [6, 6.07) is 8.98. The van der Waals surface area contributed by atoms with Gasteiger partial charge in [0.2, 0.25) is 5.91 Å². The van der Waals surface area contributed by atoms with Crippen LogP contribution in [0.2, 0.25) is 0 Å². The van der Waals surface area contributed by atoms with E-state index in [1.807, 2.05) is 6.20 Å². The number of aromatic nitrogens is 1. The number of H-pyrrole nitrogens is 1. The van der Waals surface area contributed by atoms with Gasteiger partial charge in [-0.1, -0.05) is 19.1 Å². The van der Waals surface area contributed by atoms with Crippen molar-refractivity contribution in [2.75, 3.05) is 45.9 Å². The number of benzene rings is 1. The zero-order valence-corrected chi connectivity index (χ0v) is 18.7. The third-order valence-corrected chi connectivity index (χ3v) is 8.15. The molecule has 0 unspecified atom stereocenters. The molecule has 0 bridgehead atoms. The van der Waals surface area contributed by atoms with Gasteiger partial charge in [0.1, 0.15) is 0 Å². The van der Waals surface area contributed by atoms with Crippen molar-refractivity contribution in [1.82, 2.24) is 20.1 Å². The van der Waals surface area contributed by atoms with E-state index in [-0.39, 0.29) is 11.3 Å². The Bertz CT molecular complexity index is 906. The molecular weight excluding hydrogens is 388 g/mol. The second-order valence-electron chi connectivity index (χ2n) is 9.63. The van der Waals surface area contributed by atoms with Crippen molar-refractivity contribution in [1.29, 1.82) is 0 Å². The van der Waals surface area contributed by atoms with Crippen molar-refractivity contribution in [2.45, 2.75) is 45.2 Å². The molecule has 0 radical (unpaired) electrons. The first-order valence-corrected chi connectivity index (χ1v) is 12.1. The van der Waals surface area contributed by atoms with Gasteiger partial charge in [-0.3, -0.25) is 9.69 Å². The van der Waals surface area contributed by atoms with Gasteiger partial charge in [-0.15, -0.1) is 0 Å². The quantitative estimate of drug-likeness (QED) is 0.775. The number of likely N-dealkylation sites (tertiary alicyclic amines) is 1. The molecule has 3 aliphatic rings. The van der Waals surface area contributed by atoms with E-state index < -0.39 is 0 Å². The number of rotatable bonds is 5. The predicted octanol–water partition coefficient (Wildman–Crippen LogP) is 3.00. The van der Waals surface area contributed by atoms with Gasteiger partial charge in [0.05, 0.1) is 18.6 Å². The van der Waals surface area contributed by atoms with Crippen LogP contribution >= 0.6 is 0 Å². The lowest BCUT2D eigenvalue weighted by Gasteiger charge is -2.53. The maximum absolute atomic E-state index is 13.8. The standard InChI is InChI=1S/C25H36N4O2/c1-2-28-11-8-20-16-21(29-12-14-31-15-13-29)6-9-25(20,18-28)24(30)27-17-19-4-3-5-23-22(19)7-10-26-23/h3-5,7,10,20-21,26H,2,6,8-9,11-18H2,1H3,(H,27,30)/t20-,21+,25-/m1/s1. The number of nitrogens with zero attached hydrogens (tertiary/aromatic N) is 2. The Labute approximate surface area is 185 Å². The second kappa shape index (κ2) is 8.93. The van der Waals surface area contributed by atoms with Crippen LogP contribution in [0.1, 0.15) is 38.2 Å². The molecule has 168 valence electrons. The number of aromatic amines is 1. The second-order valence-corrected chi connectivity index (χ2v) is 9.63. The van der Waals surface area contributed by atoms with Gasteiger partial charge in [-0.25, -0.2) is 0 Å². The van der Waals surface area contributed by atoms with E-state index in [1.165, 1.54) is 10.9 Å². The number of carbonyl (C=O) groups excluding carboxylic acids is 1. The van der Waals surface area contributed by atoms with E-state index in [9.17, 15) is 4.79 Å². The van der Waals surface area contributed by atoms with Gasteiger partial charge in [0.15, 0.2) is 0 Å². The van der Waals surface area contributed by atoms with Gasteiger partial charge in [-0.05, 0) is 62.4 Å². The predicted molar refractivity (Wildman–Crippen MR) is 123 cm³/mol. The van der Waals surface area contributed by atoms with Crippen molar-refractivity contribution < 1.29 is 9.53 Å². The number of nitrogens with one attached hydrogen (secondary N) is 2. The van der Waals surface area contributed by atoms with Crippen LogP contribution in [0.3, 0.4) is 0 Å². The van der Waals surface area contributed by atoms with E-state index in [0.29, 0.717) is 18.5 Å². The molecule has 3 heterocycles. The van der Waals surface area contributed by atoms with Crippen LogP contribution in [0.4, 0.5) is 0 Å². The molecule has 1 saturated carbocycles. The highest BCUT2D eigenvalue weighted by molar-refractivity contribution is 5.86. The number of hydrogen-bond donors (Lipinski definition) is 2. The minimum absolute atomic E-state index is 0.247. The average Bonchev–Trinajstić information content (AvgIpc) is 3.32. The first kappa shape index (κ1) is 21.0. The summed E-state index contributed by atoms with van der Waals surface area (Å²) in [7, 11) is 0. The van der Waals surface area contributed by atoms with E-state index in [2.05, 4.69) is 51.3 Å². The summed E-state index contributed by atoms with van der Waals surface area (Å²) in [5.74, 6) is 0.739. The molecule has 0 spiro atoms. The Balaban J connectivity index is 1.32. The fourth-order valence-corrected chi connectivity index (χ4v) is 6.29. The molecule has 3 atom stereocenters. The monoisotopic (exact) mass is 424 g/mol. The Hall–Kier alpha value is -1.89. The van der Waals surface area contributed by atoms with Crippen molar-refractivity contribution >= 4 is 16.8 Å². The Morgan fingerprint density at radius 1 is 1.23 bits per heavy atom. The average molecular weight is 425 g/mol. The van der Waals surface area contributed by atoms with E-state index in [1.54, 1.807) is 0 Å². The summed E-state index contributed by atoms with van der Waals surface area (Å²) >= 11 is 0. The van der Waals surface area contributed by atoms with Crippen molar-refractivity contribution in [3.8, 4) is 0 Å². The Kier molecular flexibility index (Phi) is 6.04. The topological polar surface area (TPSA) is 60.6 Å². The van der Waals surface area contributed by atoms with Crippen molar-refractivity contribution in [3.63, 3.8) is 0 Å². The zero-order chi connectivity index (χ0) is 21.3. The van der Waals surface area contributed by atoms with Crippen LogP contribution in [0.15, 0.2) is 30.5 Å². The number of morpholine rings is 1. The van der Waals surface area contributed by atoms with E-state index >= 15 is 0 Å². The molecule has 31 heavy (non-hydrogen) atoms. The van der Waals surface area contributed by atoms with Gasteiger partial charge in [-0.2, -0.15) is 0 Å². The highest BCUT2D eigenvalue weighted by atomic mass is 16.5. The smallest absolute Gasteiger partial charge is 0.228 e.